The van der Waals surface area contributed by atoms with E-state index in [1.54, 1.807) is 31.4 Å². The normalized spacial score (nSPS) is 23.8. The second-order valence-corrected chi connectivity index (χ2v) is 9.04. The molecule has 0 aliphatic carbocycles. The summed E-state index contributed by atoms with van der Waals surface area (Å²) in [7, 11) is 1.59. The third-order valence-electron chi connectivity index (χ3n) is 5.59. The molecule has 0 amide bonds. The molecule has 1 fully saturated rings. The van der Waals surface area contributed by atoms with Crippen LogP contribution in [0.25, 0.3) is 10.4 Å². The Balaban J connectivity index is 1.64. The number of ether oxygens (including phenoxy) is 4. The average molecular weight is 494 g/mol. The minimum absolute atomic E-state index is 0.284. The molecule has 0 unspecified atom stereocenters. The number of thioether (sulfide) groups is 1. The van der Waals surface area contributed by atoms with Crippen molar-refractivity contribution in [3.63, 3.8) is 0 Å². The van der Waals surface area contributed by atoms with Crippen LogP contribution in [0.5, 0.6) is 11.5 Å². The molecule has 0 radical (unpaired) electrons. The van der Waals surface area contributed by atoms with Crippen molar-refractivity contribution in [2.75, 3.05) is 13.7 Å². The number of benzene rings is 3. The molecule has 182 valence electrons. The summed E-state index contributed by atoms with van der Waals surface area (Å²) >= 11 is 1.42. The number of aliphatic hydroxyl groups excluding tert-OH is 1. The summed E-state index contributed by atoms with van der Waals surface area (Å²) in [6.45, 7) is -0.00679. The van der Waals surface area contributed by atoms with Crippen LogP contribution in [-0.2, 0) is 16.1 Å². The van der Waals surface area contributed by atoms with E-state index in [0.29, 0.717) is 11.5 Å². The minimum Gasteiger partial charge on any atom is -0.497 e. The van der Waals surface area contributed by atoms with Gasteiger partial charge in [-0.2, -0.15) is 0 Å². The summed E-state index contributed by atoms with van der Waals surface area (Å²) in [6.07, 6.45) is -2.11. The molecule has 0 saturated carbocycles. The third-order valence-corrected chi connectivity index (χ3v) is 6.76. The molecule has 5 atom stereocenters. The summed E-state index contributed by atoms with van der Waals surface area (Å²) in [4.78, 5) is 4.04. The quantitative estimate of drug-likeness (QED) is 0.236. The van der Waals surface area contributed by atoms with E-state index >= 15 is 0 Å². The Hall–Kier alpha value is -3.20. The van der Waals surface area contributed by atoms with Gasteiger partial charge in [0.1, 0.15) is 35.2 Å². The van der Waals surface area contributed by atoms with Crippen LogP contribution in [0.4, 0.5) is 0 Å². The minimum atomic E-state index is -0.722. The Kier molecular flexibility index (Phi) is 8.89. The van der Waals surface area contributed by atoms with E-state index in [2.05, 4.69) is 10.0 Å². The molecule has 9 heteroatoms. The number of hydrogen-bond donors (Lipinski definition) is 1. The monoisotopic (exact) mass is 493 g/mol. The third kappa shape index (κ3) is 6.48. The van der Waals surface area contributed by atoms with Gasteiger partial charge in [0.2, 0.25) is 0 Å². The zero-order valence-corrected chi connectivity index (χ0v) is 20.0. The molecule has 8 nitrogen and oxygen atoms in total. The van der Waals surface area contributed by atoms with Crippen molar-refractivity contribution in [3.05, 3.63) is 101 Å². The maximum Gasteiger partial charge on any atom is 0.154 e. The number of methoxy groups -OCH3 is 1. The fourth-order valence-corrected chi connectivity index (χ4v) is 4.99. The second-order valence-electron chi connectivity index (χ2n) is 7.87. The van der Waals surface area contributed by atoms with Gasteiger partial charge in [-0.15, -0.1) is 0 Å². The van der Waals surface area contributed by atoms with Gasteiger partial charge in [-0.25, -0.2) is 0 Å². The number of aliphatic hydroxyl groups is 1. The van der Waals surface area contributed by atoms with Crippen LogP contribution in [0.1, 0.15) is 5.56 Å². The van der Waals surface area contributed by atoms with Crippen molar-refractivity contribution in [2.24, 2.45) is 5.11 Å². The van der Waals surface area contributed by atoms with E-state index in [9.17, 15) is 10.6 Å². The van der Waals surface area contributed by atoms with Crippen molar-refractivity contribution >= 4 is 11.8 Å². The Morgan fingerprint density at radius 3 is 2.23 bits per heavy atom. The molecule has 1 saturated heterocycles. The van der Waals surface area contributed by atoms with Crippen molar-refractivity contribution in [1.29, 1.82) is 0 Å². The molecule has 1 N–H and O–H groups in total. The second kappa shape index (κ2) is 12.5. The Morgan fingerprint density at radius 2 is 1.60 bits per heavy atom. The van der Waals surface area contributed by atoms with E-state index < -0.39 is 29.8 Å². The van der Waals surface area contributed by atoms with Gasteiger partial charge in [-0.1, -0.05) is 65.4 Å². The highest BCUT2D eigenvalue weighted by Crippen LogP contribution is 2.38. The first kappa shape index (κ1) is 24.9. The van der Waals surface area contributed by atoms with Crippen LogP contribution >= 0.6 is 11.8 Å². The summed E-state index contributed by atoms with van der Waals surface area (Å²) in [5.74, 6) is 1.25. The van der Waals surface area contributed by atoms with Gasteiger partial charge in [0.15, 0.2) is 6.10 Å². The van der Waals surface area contributed by atoms with Crippen molar-refractivity contribution < 1.29 is 24.1 Å². The highest BCUT2D eigenvalue weighted by atomic mass is 32.2. The number of azide groups is 1. The van der Waals surface area contributed by atoms with Gasteiger partial charge in [0.05, 0.1) is 20.3 Å². The van der Waals surface area contributed by atoms with Gasteiger partial charge < -0.3 is 24.1 Å². The lowest BCUT2D eigenvalue weighted by Gasteiger charge is -2.44. The van der Waals surface area contributed by atoms with Gasteiger partial charge in [0.25, 0.3) is 0 Å². The maximum atomic E-state index is 10.2. The fourth-order valence-electron chi connectivity index (χ4n) is 3.86. The van der Waals surface area contributed by atoms with Crippen molar-refractivity contribution in [3.8, 4) is 11.5 Å². The SMILES string of the molecule is COc1ccc(O[C@H]2[C@H](OCc3ccccc3)[C@@H](N=[N+]=[N-])[C@@H](Sc3ccccc3)O[C@@H]2CO)cc1. The van der Waals surface area contributed by atoms with Crippen LogP contribution in [-0.4, -0.2) is 48.6 Å². The van der Waals surface area contributed by atoms with E-state index in [-0.39, 0.29) is 13.2 Å². The molecule has 0 aromatic heterocycles. The lowest BCUT2D eigenvalue weighted by molar-refractivity contribution is -0.176. The van der Waals surface area contributed by atoms with Crippen LogP contribution < -0.4 is 9.47 Å². The molecule has 3 aromatic rings. The van der Waals surface area contributed by atoms with Crippen LogP contribution in [0, 0.1) is 0 Å². The molecule has 1 aliphatic heterocycles. The van der Waals surface area contributed by atoms with Crippen LogP contribution in [0.15, 0.2) is 94.9 Å². The number of rotatable bonds is 10. The maximum absolute atomic E-state index is 10.2. The zero-order chi connectivity index (χ0) is 24.5. The van der Waals surface area contributed by atoms with E-state index in [4.69, 9.17) is 18.9 Å². The molecule has 0 bridgehead atoms. The van der Waals surface area contributed by atoms with Crippen LogP contribution in [0.2, 0.25) is 0 Å². The van der Waals surface area contributed by atoms with Crippen LogP contribution in [0.3, 0.4) is 0 Å². The standard InChI is InChI=1S/C26H27N3O5S/c1-31-19-12-14-20(15-13-19)33-24-22(16-30)34-26(35-21-10-6-3-7-11-21)23(28-29-27)25(24)32-17-18-8-4-2-5-9-18/h2-15,22-26,30H,16-17H2,1H3/t22-,23-,24-,25-,26-/m1/s1. The predicted octanol–water partition coefficient (Wildman–Crippen LogP) is 5.22. The predicted molar refractivity (Wildman–Crippen MR) is 133 cm³/mol. The number of hydrogen-bond acceptors (Lipinski definition) is 7. The zero-order valence-electron chi connectivity index (χ0n) is 19.2. The van der Waals surface area contributed by atoms with Gasteiger partial charge in [-0.05, 0) is 47.5 Å². The van der Waals surface area contributed by atoms with E-state index in [1.165, 1.54) is 11.8 Å². The highest BCUT2D eigenvalue weighted by molar-refractivity contribution is 7.99. The summed E-state index contributed by atoms with van der Waals surface area (Å²) in [5, 5.41) is 14.3. The molecule has 4 rings (SSSR count). The first-order valence-corrected chi connectivity index (χ1v) is 12.1. The molecule has 1 aliphatic rings. The largest absolute Gasteiger partial charge is 0.497 e. The van der Waals surface area contributed by atoms with Crippen molar-refractivity contribution in [2.45, 2.75) is 41.3 Å². The summed E-state index contributed by atoms with van der Waals surface area (Å²) < 4.78 is 24.1. The topological polar surface area (TPSA) is 106 Å². The molecule has 3 aromatic carbocycles. The highest BCUT2D eigenvalue weighted by Gasteiger charge is 2.48. The Morgan fingerprint density at radius 1 is 0.943 bits per heavy atom. The van der Waals surface area contributed by atoms with Gasteiger partial charge >= 0.3 is 0 Å². The lowest BCUT2D eigenvalue weighted by Crippen LogP contribution is -2.60. The van der Waals surface area contributed by atoms with Gasteiger partial charge in [-0.3, -0.25) is 0 Å². The molecule has 35 heavy (non-hydrogen) atoms. The average Bonchev–Trinajstić information content (AvgIpc) is 2.91. The smallest absolute Gasteiger partial charge is 0.154 e. The molecule has 0 spiro atoms. The number of nitrogens with zero attached hydrogens (tertiary/aromatic N) is 3. The first-order valence-electron chi connectivity index (χ1n) is 11.2. The van der Waals surface area contributed by atoms with Crippen molar-refractivity contribution in [1.82, 2.24) is 0 Å². The summed E-state index contributed by atoms with van der Waals surface area (Å²) in [6, 6.07) is 25.8. The molecular weight excluding hydrogens is 466 g/mol. The molecular formula is C26H27N3O5S. The lowest BCUT2D eigenvalue weighted by atomic mass is 9.97. The Bertz CT molecular complexity index is 1100. The first-order chi connectivity index (χ1) is 17.2. The fraction of sp³-hybridized carbons (Fsp3) is 0.308. The van der Waals surface area contributed by atoms with E-state index in [0.717, 1.165) is 10.5 Å². The van der Waals surface area contributed by atoms with Gasteiger partial charge in [0, 0.05) is 9.81 Å². The Labute approximate surface area is 208 Å². The van der Waals surface area contributed by atoms with E-state index in [1.807, 2.05) is 60.7 Å². The summed E-state index contributed by atoms with van der Waals surface area (Å²) in [5.41, 5.74) is 9.78. The molecule has 1 heterocycles.